The van der Waals surface area contributed by atoms with E-state index in [9.17, 15) is 0 Å². The largest absolute Gasteiger partial charge is 0.392 e. The van der Waals surface area contributed by atoms with E-state index in [4.69, 9.17) is 10.2 Å². The first-order valence-electron chi connectivity index (χ1n) is 3.38. The van der Waals surface area contributed by atoms with Crippen molar-refractivity contribution in [1.82, 2.24) is 0 Å². The molecule has 0 aromatic carbocycles. The Morgan fingerprint density at radius 2 is 2.10 bits per heavy atom. The average Bonchev–Trinajstić information content (AvgIpc) is 1.97. The molecule has 2 nitrogen and oxygen atoms in total. The van der Waals surface area contributed by atoms with Crippen LogP contribution in [0.3, 0.4) is 0 Å². The van der Waals surface area contributed by atoms with Crippen LogP contribution in [0.15, 0.2) is 24.3 Å². The van der Waals surface area contributed by atoms with Gasteiger partial charge in [-0.1, -0.05) is 24.3 Å². The van der Waals surface area contributed by atoms with Crippen molar-refractivity contribution in [2.24, 2.45) is 0 Å². The van der Waals surface area contributed by atoms with Crippen LogP contribution in [0.25, 0.3) is 0 Å². The van der Waals surface area contributed by atoms with Crippen LogP contribution in [0.4, 0.5) is 0 Å². The monoisotopic (exact) mass is 142 g/mol. The Morgan fingerprint density at radius 1 is 1.40 bits per heavy atom. The average molecular weight is 142 g/mol. The van der Waals surface area contributed by atoms with Crippen LogP contribution >= 0.6 is 0 Å². The Morgan fingerprint density at radius 3 is 2.60 bits per heavy atom. The number of aliphatic hydroxyl groups is 2. The van der Waals surface area contributed by atoms with Gasteiger partial charge in [-0.15, -0.1) is 0 Å². The summed E-state index contributed by atoms with van der Waals surface area (Å²) in [7, 11) is 0. The van der Waals surface area contributed by atoms with Crippen molar-refractivity contribution in [2.75, 3.05) is 6.61 Å². The quantitative estimate of drug-likeness (QED) is 0.571. The first-order valence-corrected chi connectivity index (χ1v) is 3.38. The number of rotatable bonds is 4. The van der Waals surface area contributed by atoms with E-state index in [-0.39, 0.29) is 6.61 Å². The third kappa shape index (κ3) is 5.54. The summed E-state index contributed by atoms with van der Waals surface area (Å²) in [4.78, 5) is 0. The summed E-state index contributed by atoms with van der Waals surface area (Å²) in [5, 5.41) is 17.4. The molecular formula is C8H14O2. The van der Waals surface area contributed by atoms with Gasteiger partial charge >= 0.3 is 0 Å². The first kappa shape index (κ1) is 9.40. The zero-order valence-corrected chi connectivity index (χ0v) is 6.20. The molecule has 0 bridgehead atoms. The SMILES string of the molecule is CC=CCC(O)C=CCO. The second-order valence-electron chi connectivity index (χ2n) is 1.98. The molecule has 0 spiro atoms. The fourth-order valence-electron chi connectivity index (χ4n) is 0.572. The topological polar surface area (TPSA) is 40.5 Å². The minimum absolute atomic E-state index is 0.00704. The molecule has 0 radical (unpaired) electrons. The molecule has 0 aliphatic carbocycles. The van der Waals surface area contributed by atoms with E-state index in [2.05, 4.69) is 0 Å². The van der Waals surface area contributed by atoms with Crippen molar-refractivity contribution in [3.8, 4) is 0 Å². The summed E-state index contributed by atoms with van der Waals surface area (Å²) in [6, 6.07) is 0. The van der Waals surface area contributed by atoms with Gasteiger partial charge in [0, 0.05) is 0 Å². The molecule has 0 fully saturated rings. The zero-order chi connectivity index (χ0) is 7.82. The second-order valence-corrected chi connectivity index (χ2v) is 1.98. The van der Waals surface area contributed by atoms with Gasteiger partial charge < -0.3 is 10.2 Å². The fraction of sp³-hybridized carbons (Fsp3) is 0.500. The lowest BCUT2D eigenvalue weighted by atomic mass is 10.2. The summed E-state index contributed by atoms with van der Waals surface area (Å²) in [5.74, 6) is 0. The molecule has 0 rings (SSSR count). The molecular weight excluding hydrogens is 128 g/mol. The van der Waals surface area contributed by atoms with Gasteiger partial charge in [0.25, 0.3) is 0 Å². The van der Waals surface area contributed by atoms with Crippen molar-refractivity contribution in [3.63, 3.8) is 0 Å². The predicted octanol–water partition coefficient (Wildman–Crippen LogP) is 0.862. The second kappa shape index (κ2) is 6.52. The summed E-state index contributed by atoms with van der Waals surface area (Å²) in [6.07, 6.45) is 7.05. The molecule has 1 unspecified atom stereocenters. The Hall–Kier alpha value is -0.600. The fourth-order valence-corrected chi connectivity index (χ4v) is 0.572. The molecule has 0 amide bonds. The lowest BCUT2D eigenvalue weighted by molar-refractivity contribution is 0.225. The van der Waals surface area contributed by atoms with Crippen LogP contribution in [-0.2, 0) is 0 Å². The molecule has 0 aromatic rings. The van der Waals surface area contributed by atoms with Crippen LogP contribution in [0, 0.1) is 0 Å². The number of aliphatic hydroxyl groups excluding tert-OH is 2. The van der Waals surface area contributed by atoms with Gasteiger partial charge in [0.05, 0.1) is 12.7 Å². The highest BCUT2D eigenvalue weighted by Crippen LogP contribution is 1.94. The van der Waals surface area contributed by atoms with Crippen LogP contribution in [0.2, 0.25) is 0 Å². The molecule has 10 heavy (non-hydrogen) atoms. The van der Waals surface area contributed by atoms with E-state index in [0.717, 1.165) is 0 Å². The maximum atomic E-state index is 9.06. The molecule has 0 aromatic heterocycles. The Balaban J connectivity index is 3.42. The van der Waals surface area contributed by atoms with E-state index in [1.165, 1.54) is 6.08 Å². The molecule has 0 aliphatic rings. The van der Waals surface area contributed by atoms with E-state index >= 15 is 0 Å². The van der Waals surface area contributed by atoms with E-state index in [0.29, 0.717) is 6.42 Å². The molecule has 2 N–H and O–H groups in total. The van der Waals surface area contributed by atoms with Crippen LogP contribution in [0.5, 0.6) is 0 Å². The van der Waals surface area contributed by atoms with Crippen LogP contribution < -0.4 is 0 Å². The highest BCUT2D eigenvalue weighted by molar-refractivity contribution is 4.93. The molecule has 0 saturated heterocycles. The minimum atomic E-state index is -0.455. The van der Waals surface area contributed by atoms with Crippen LogP contribution in [-0.4, -0.2) is 22.9 Å². The lowest BCUT2D eigenvalue weighted by Gasteiger charge is -1.98. The van der Waals surface area contributed by atoms with E-state index in [1.807, 2.05) is 19.1 Å². The minimum Gasteiger partial charge on any atom is -0.392 e. The zero-order valence-electron chi connectivity index (χ0n) is 6.20. The summed E-state index contributed by atoms with van der Waals surface area (Å²) in [5.41, 5.74) is 0. The van der Waals surface area contributed by atoms with Gasteiger partial charge in [0.15, 0.2) is 0 Å². The maximum Gasteiger partial charge on any atom is 0.0756 e. The number of allylic oxidation sites excluding steroid dienone is 1. The Bertz CT molecular complexity index is 116. The van der Waals surface area contributed by atoms with Gasteiger partial charge in [-0.05, 0) is 13.3 Å². The molecule has 0 heterocycles. The predicted molar refractivity (Wildman–Crippen MR) is 41.7 cm³/mol. The maximum absolute atomic E-state index is 9.06. The standard InChI is InChI=1S/C8H14O2/c1-2-3-5-8(10)6-4-7-9/h2-4,6,8-10H,5,7H2,1H3. The van der Waals surface area contributed by atoms with Crippen molar-refractivity contribution >= 4 is 0 Å². The van der Waals surface area contributed by atoms with Crippen molar-refractivity contribution in [2.45, 2.75) is 19.4 Å². The molecule has 0 aliphatic heterocycles. The van der Waals surface area contributed by atoms with Gasteiger partial charge in [0.1, 0.15) is 0 Å². The Kier molecular flexibility index (Phi) is 6.13. The lowest BCUT2D eigenvalue weighted by Crippen LogP contribution is -1.99. The smallest absolute Gasteiger partial charge is 0.0756 e. The molecule has 0 saturated carbocycles. The Labute approximate surface area is 61.5 Å². The highest BCUT2D eigenvalue weighted by atomic mass is 16.3. The normalized spacial score (nSPS) is 15.1. The summed E-state index contributed by atoms with van der Waals surface area (Å²) in [6.45, 7) is 1.90. The van der Waals surface area contributed by atoms with Gasteiger partial charge in [-0.25, -0.2) is 0 Å². The van der Waals surface area contributed by atoms with Gasteiger partial charge in [-0.3, -0.25) is 0 Å². The summed E-state index contributed by atoms with van der Waals surface area (Å²) >= 11 is 0. The van der Waals surface area contributed by atoms with Gasteiger partial charge in [0.2, 0.25) is 0 Å². The van der Waals surface area contributed by atoms with E-state index in [1.54, 1.807) is 6.08 Å². The number of hydrogen-bond acceptors (Lipinski definition) is 2. The van der Waals surface area contributed by atoms with Crippen molar-refractivity contribution in [1.29, 1.82) is 0 Å². The third-order valence-corrected chi connectivity index (χ3v) is 1.08. The summed E-state index contributed by atoms with van der Waals surface area (Å²) < 4.78 is 0. The number of hydrogen-bond donors (Lipinski definition) is 2. The highest BCUT2D eigenvalue weighted by Gasteiger charge is 1.91. The van der Waals surface area contributed by atoms with Crippen LogP contribution in [0.1, 0.15) is 13.3 Å². The van der Waals surface area contributed by atoms with Crippen molar-refractivity contribution in [3.05, 3.63) is 24.3 Å². The molecule has 1 atom stereocenters. The molecule has 2 heteroatoms. The van der Waals surface area contributed by atoms with Gasteiger partial charge in [-0.2, -0.15) is 0 Å². The van der Waals surface area contributed by atoms with E-state index < -0.39 is 6.10 Å². The van der Waals surface area contributed by atoms with Crippen molar-refractivity contribution < 1.29 is 10.2 Å². The molecule has 58 valence electrons. The first-order chi connectivity index (χ1) is 4.81. The third-order valence-electron chi connectivity index (χ3n) is 1.08.